The largest absolute Gasteiger partial charge is 0.507 e. The predicted molar refractivity (Wildman–Crippen MR) is 119 cm³/mol. The van der Waals surface area contributed by atoms with E-state index in [1.54, 1.807) is 12.2 Å². The van der Waals surface area contributed by atoms with Crippen molar-refractivity contribution in [1.29, 1.82) is 0 Å². The van der Waals surface area contributed by atoms with E-state index >= 15 is 0 Å². The standard InChI is InChI=1S/C26H22O4/c1-17-7-3-5-9-19(17)11-13-23(27)21-15-22(26(30)16-25(21)29)24(28)14-12-20-10-6-4-8-18(20)2/h3-16,29-30H,1-2H3. The average molecular weight is 398 g/mol. The van der Waals surface area contributed by atoms with Gasteiger partial charge in [0.05, 0.1) is 11.1 Å². The molecule has 4 nitrogen and oxygen atoms in total. The summed E-state index contributed by atoms with van der Waals surface area (Å²) >= 11 is 0. The van der Waals surface area contributed by atoms with Gasteiger partial charge < -0.3 is 10.2 Å². The van der Waals surface area contributed by atoms with Crippen molar-refractivity contribution in [2.45, 2.75) is 13.8 Å². The molecule has 0 aliphatic rings. The minimum atomic E-state index is -0.465. The van der Waals surface area contributed by atoms with E-state index in [4.69, 9.17) is 0 Å². The zero-order valence-corrected chi connectivity index (χ0v) is 16.8. The molecular formula is C26H22O4. The third-order valence-electron chi connectivity index (χ3n) is 4.85. The van der Waals surface area contributed by atoms with Crippen molar-refractivity contribution in [3.05, 3.63) is 106 Å². The molecule has 0 unspecified atom stereocenters. The molecule has 0 aliphatic heterocycles. The van der Waals surface area contributed by atoms with Crippen molar-refractivity contribution >= 4 is 23.7 Å². The van der Waals surface area contributed by atoms with Crippen LogP contribution >= 0.6 is 0 Å². The summed E-state index contributed by atoms with van der Waals surface area (Å²) in [5, 5.41) is 20.2. The summed E-state index contributed by atoms with van der Waals surface area (Å²) in [6, 6.07) is 17.4. The Morgan fingerprint density at radius 1 is 0.667 bits per heavy atom. The van der Waals surface area contributed by atoms with Crippen LogP contribution in [0.25, 0.3) is 12.2 Å². The molecule has 0 saturated heterocycles. The Kier molecular flexibility index (Phi) is 6.28. The van der Waals surface area contributed by atoms with Gasteiger partial charge in [-0.05, 0) is 54.3 Å². The van der Waals surface area contributed by atoms with Gasteiger partial charge in [-0.1, -0.05) is 60.7 Å². The van der Waals surface area contributed by atoms with Crippen LogP contribution < -0.4 is 0 Å². The molecule has 0 saturated carbocycles. The molecule has 0 amide bonds. The number of aryl methyl sites for hydroxylation is 2. The molecule has 0 heterocycles. The molecule has 0 spiro atoms. The van der Waals surface area contributed by atoms with Gasteiger partial charge in [-0.25, -0.2) is 0 Å². The normalized spacial score (nSPS) is 11.3. The summed E-state index contributed by atoms with van der Waals surface area (Å²) in [7, 11) is 0. The highest BCUT2D eigenvalue weighted by molar-refractivity contribution is 6.13. The van der Waals surface area contributed by atoms with Gasteiger partial charge in [0.1, 0.15) is 11.5 Å². The Balaban J connectivity index is 1.88. The lowest BCUT2D eigenvalue weighted by atomic mass is 10.00. The topological polar surface area (TPSA) is 74.6 Å². The number of carbonyl (C=O) groups is 2. The van der Waals surface area contributed by atoms with Crippen LogP contribution in [-0.2, 0) is 0 Å². The van der Waals surface area contributed by atoms with Gasteiger partial charge in [-0.3, -0.25) is 9.59 Å². The Morgan fingerprint density at radius 3 is 1.47 bits per heavy atom. The van der Waals surface area contributed by atoms with Crippen LogP contribution in [0.3, 0.4) is 0 Å². The van der Waals surface area contributed by atoms with Crippen molar-refractivity contribution in [3.63, 3.8) is 0 Å². The summed E-state index contributed by atoms with van der Waals surface area (Å²) < 4.78 is 0. The van der Waals surface area contributed by atoms with Gasteiger partial charge >= 0.3 is 0 Å². The number of ketones is 2. The number of allylic oxidation sites excluding steroid dienone is 2. The number of phenols is 2. The zero-order valence-electron chi connectivity index (χ0n) is 16.8. The number of hydrogen-bond acceptors (Lipinski definition) is 4. The highest BCUT2D eigenvalue weighted by atomic mass is 16.3. The number of rotatable bonds is 6. The molecular weight excluding hydrogens is 376 g/mol. The minimum Gasteiger partial charge on any atom is -0.507 e. The van der Waals surface area contributed by atoms with Gasteiger partial charge in [0.15, 0.2) is 11.6 Å². The highest BCUT2D eigenvalue weighted by Crippen LogP contribution is 2.29. The molecule has 0 bridgehead atoms. The summed E-state index contributed by atoms with van der Waals surface area (Å²) in [4.78, 5) is 25.2. The average Bonchev–Trinajstić information content (AvgIpc) is 2.72. The molecule has 0 radical (unpaired) electrons. The monoisotopic (exact) mass is 398 g/mol. The second kappa shape index (κ2) is 9.05. The van der Waals surface area contributed by atoms with E-state index < -0.39 is 11.6 Å². The van der Waals surface area contributed by atoms with E-state index in [1.807, 2.05) is 62.4 Å². The first-order chi connectivity index (χ1) is 14.4. The van der Waals surface area contributed by atoms with Crippen molar-refractivity contribution in [3.8, 4) is 11.5 Å². The summed E-state index contributed by atoms with van der Waals surface area (Å²) in [6.45, 7) is 3.86. The van der Waals surface area contributed by atoms with Crippen molar-refractivity contribution < 1.29 is 19.8 Å². The smallest absolute Gasteiger partial charge is 0.189 e. The van der Waals surface area contributed by atoms with Crippen LogP contribution in [0.5, 0.6) is 11.5 Å². The van der Waals surface area contributed by atoms with Crippen molar-refractivity contribution in [2.24, 2.45) is 0 Å². The summed E-state index contributed by atoms with van der Waals surface area (Å²) in [6.07, 6.45) is 5.99. The van der Waals surface area contributed by atoms with Crippen LogP contribution in [-0.4, -0.2) is 21.8 Å². The SMILES string of the molecule is Cc1ccccc1C=CC(=O)c1cc(C(=O)C=Cc2ccccc2C)c(O)cc1O. The molecule has 0 aromatic heterocycles. The maximum Gasteiger partial charge on any atom is 0.189 e. The number of benzene rings is 3. The van der Waals surface area contributed by atoms with Crippen molar-refractivity contribution in [2.75, 3.05) is 0 Å². The lowest BCUT2D eigenvalue weighted by molar-refractivity contribution is 0.104. The van der Waals surface area contributed by atoms with Crippen molar-refractivity contribution in [1.82, 2.24) is 0 Å². The number of carbonyl (C=O) groups excluding carboxylic acids is 2. The van der Waals surface area contributed by atoms with E-state index in [9.17, 15) is 19.8 Å². The second-order valence-corrected chi connectivity index (χ2v) is 6.99. The Bertz CT molecular complexity index is 1080. The number of phenolic OH excluding ortho intramolecular Hbond substituents is 2. The van der Waals surface area contributed by atoms with Crippen LogP contribution in [0.15, 0.2) is 72.8 Å². The van der Waals surface area contributed by atoms with Crippen LogP contribution in [0.2, 0.25) is 0 Å². The third kappa shape index (κ3) is 4.73. The molecule has 3 rings (SSSR count). The fraction of sp³-hybridized carbons (Fsp3) is 0.0769. The maximum absolute atomic E-state index is 12.6. The Morgan fingerprint density at radius 2 is 1.07 bits per heavy atom. The van der Waals surface area contributed by atoms with Gasteiger partial charge in [0.25, 0.3) is 0 Å². The van der Waals surface area contributed by atoms with E-state index in [2.05, 4.69) is 0 Å². The maximum atomic E-state index is 12.6. The first-order valence-corrected chi connectivity index (χ1v) is 9.49. The fourth-order valence-corrected chi connectivity index (χ4v) is 3.03. The highest BCUT2D eigenvalue weighted by Gasteiger charge is 2.17. The molecule has 0 atom stereocenters. The Labute approximate surface area is 175 Å². The van der Waals surface area contributed by atoms with E-state index in [0.717, 1.165) is 28.3 Å². The molecule has 3 aromatic rings. The number of aromatic hydroxyl groups is 2. The third-order valence-corrected chi connectivity index (χ3v) is 4.85. The first kappa shape index (κ1) is 20.8. The summed E-state index contributed by atoms with van der Waals surface area (Å²) in [5.41, 5.74) is 3.67. The first-order valence-electron chi connectivity index (χ1n) is 9.49. The van der Waals surface area contributed by atoms with E-state index in [1.165, 1.54) is 18.2 Å². The van der Waals surface area contributed by atoms with E-state index in [-0.39, 0.29) is 22.6 Å². The van der Waals surface area contributed by atoms with Gasteiger partial charge in [0, 0.05) is 6.07 Å². The molecule has 150 valence electrons. The van der Waals surface area contributed by atoms with Gasteiger partial charge in [-0.2, -0.15) is 0 Å². The van der Waals surface area contributed by atoms with Crippen LogP contribution in [0, 0.1) is 13.8 Å². The van der Waals surface area contributed by atoms with Gasteiger partial charge in [-0.15, -0.1) is 0 Å². The van der Waals surface area contributed by atoms with Crippen LogP contribution in [0.4, 0.5) is 0 Å². The number of hydrogen-bond donors (Lipinski definition) is 2. The molecule has 0 aliphatic carbocycles. The molecule has 0 fully saturated rings. The zero-order chi connectivity index (χ0) is 21.7. The molecule has 2 N–H and O–H groups in total. The quantitative estimate of drug-likeness (QED) is 0.424. The Hall–Kier alpha value is -3.92. The predicted octanol–water partition coefficient (Wildman–Crippen LogP) is 5.51. The molecule has 4 heteroatoms. The second-order valence-electron chi connectivity index (χ2n) is 6.99. The summed E-state index contributed by atoms with van der Waals surface area (Å²) in [5.74, 6) is -1.70. The lowest BCUT2D eigenvalue weighted by Gasteiger charge is -2.07. The minimum absolute atomic E-state index is 0.0507. The lowest BCUT2D eigenvalue weighted by Crippen LogP contribution is -2.01. The molecule has 3 aromatic carbocycles. The fourth-order valence-electron chi connectivity index (χ4n) is 3.03. The van der Waals surface area contributed by atoms with E-state index in [0.29, 0.717) is 0 Å². The molecule has 30 heavy (non-hydrogen) atoms. The van der Waals surface area contributed by atoms with Crippen LogP contribution in [0.1, 0.15) is 43.0 Å². The van der Waals surface area contributed by atoms with Gasteiger partial charge in [0.2, 0.25) is 0 Å².